The Bertz CT molecular complexity index is 1290. The van der Waals surface area contributed by atoms with Crippen LogP contribution in [0.1, 0.15) is 23.6 Å². The topological polar surface area (TPSA) is 61.8 Å². The van der Waals surface area contributed by atoms with Gasteiger partial charge in [0.25, 0.3) is 5.91 Å². The second-order valence-electron chi connectivity index (χ2n) is 7.68. The first-order valence-corrected chi connectivity index (χ1v) is 11.0. The van der Waals surface area contributed by atoms with Crippen LogP contribution in [0.2, 0.25) is 10.0 Å². The Morgan fingerprint density at radius 1 is 1.09 bits per heavy atom. The minimum absolute atomic E-state index is 0.251. The highest BCUT2D eigenvalue weighted by Crippen LogP contribution is 2.32. The van der Waals surface area contributed by atoms with Gasteiger partial charge < -0.3 is 10.2 Å². The van der Waals surface area contributed by atoms with Crippen molar-refractivity contribution < 1.29 is 14.0 Å². The average molecular weight is 484 g/mol. The van der Waals surface area contributed by atoms with E-state index in [0.29, 0.717) is 32.7 Å². The van der Waals surface area contributed by atoms with Crippen LogP contribution in [0.3, 0.4) is 0 Å². The monoisotopic (exact) mass is 483 g/mol. The lowest BCUT2D eigenvalue weighted by atomic mass is 9.99. The number of fused-ring (bicyclic) bond motifs is 1. The van der Waals surface area contributed by atoms with E-state index >= 15 is 0 Å². The largest absolute Gasteiger partial charge is 0.324 e. The van der Waals surface area contributed by atoms with Crippen molar-refractivity contribution in [3.8, 4) is 0 Å². The first-order chi connectivity index (χ1) is 15.8. The van der Waals surface area contributed by atoms with Crippen LogP contribution >= 0.6 is 23.2 Å². The molecule has 4 rings (SSSR count). The molecule has 1 heterocycles. The molecule has 0 radical (unpaired) electrons. The van der Waals surface area contributed by atoms with Crippen LogP contribution in [0.4, 0.5) is 15.8 Å². The molecule has 1 aliphatic rings. The fourth-order valence-electron chi connectivity index (χ4n) is 3.70. The highest BCUT2D eigenvalue weighted by Gasteiger charge is 2.32. The van der Waals surface area contributed by atoms with Crippen molar-refractivity contribution >= 4 is 52.1 Å². The molecule has 33 heavy (non-hydrogen) atoms. The van der Waals surface area contributed by atoms with Crippen molar-refractivity contribution in [2.24, 2.45) is 4.99 Å². The van der Waals surface area contributed by atoms with E-state index in [9.17, 15) is 14.0 Å². The molecule has 0 saturated heterocycles. The molecular weight excluding hydrogens is 464 g/mol. The van der Waals surface area contributed by atoms with E-state index in [1.54, 1.807) is 68.4 Å². The average Bonchev–Trinajstić information content (AvgIpc) is 2.87. The van der Waals surface area contributed by atoms with E-state index in [0.717, 1.165) is 5.56 Å². The summed E-state index contributed by atoms with van der Waals surface area (Å²) in [5.74, 6) is -1.26. The van der Waals surface area contributed by atoms with Gasteiger partial charge >= 0.3 is 0 Å². The number of benzene rings is 3. The first-order valence-electron chi connectivity index (χ1n) is 10.2. The van der Waals surface area contributed by atoms with Crippen LogP contribution in [0.15, 0.2) is 65.7 Å². The molecule has 0 saturated carbocycles. The Morgan fingerprint density at radius 2 is 1.85 bits per heavy atom. The van der Waals surface area contributed by atoms with Crippen LogP contribution in [0.5, 0.6) is 0 Å². The second-order valence-corrected chi connectivity index (χ2v) is 8.52. The number of anilines is 2. The minimum atomic E-state index is -0.841. The summed E-state index contributed by atoms with van der Waals surface area (Å²) in [5.41, 5.74) is 2.73. The van der Waals surface area contributed by atoms with Crippen LogP contribution in [-0.4, -0.2) is 30.1 Å². The molecule has 0 fully saturated rings. The number of aliphatic imine (C=N–C) groups is 1. The van der Waals surface area contributed by atoms with E-state index in [-0.39, 0.29) is 18.0 Å². The molecule has 1 aliphatic heterocycles. The maximum absolute atomic E-state index is 14.7. The predicted octanol–water partition coefficient (Wildman–Crippen LogP) is 5.65. The number of carbonyl (C=O) groups excluding carboxylic acids is 2. The van der Waals surface area contributed by atoms with Crippen molar-refractivity contribution in [1.29, 1.82) is 0 Å². The summed E-state index contributed by atoms with van der Waals surface area (Å²) in [4.78, 5) is 32.0. The van der Waals surface area contributed by atoms with Crippen molar-refractivity contribution in [1.82, 2.24) is 0 Å². The molecule has 3 aromatic rings. The third kappa shape index (κ3) is 4.63. The number of carbonyl (C=O) groups is 2. The number of amides is 2. The first kappa shape index (κ1) is 23.0. The number of halogens is 3. The molecule has 0 unspecified atom stereocenters. The molecular formula is C25H20Cl2FN3O2. The maximum Gasteiger partial charge on any atom is 0.252 e. The Balaban J connectivity index is 1.74. The highest BCUT2D eigenvalue weighted by molar-refractivity contribution is 6.32. The number of rotatable bonds is 4. The summed E-state index contributed by atoms with van der Waals surface area (Å²) in [6.07, 6.45) is 0. The Kier molecular flexibility index (Phi) is 6.49. The molecule has 0 aliphatic carbocycles. The zero-order valence-electron chi connectivity index (χ0n) is 17.9. The zero-order chi connectivity index (χ0) is 23.7. The standard InChI is InChI=1S/C25H20Cl2FN3O2/c1-14-19(27)7-5-9-21(14)30-23(32)13-31-22-11-10-16(26)12-18(22)24(29-15(2)25(31)33)17-6-3-4-8-20(17)28/h3-12,15H,13H2,1-2H3,(H,30,32)/t15-/m1/s1. The number of hydrogen-bond acceptors (Lipinski definition) is 3. The third-order valence-corrected chi connectivity index (χ3v) is 6.07. The third-order valence-electron chi connectivity index (χ3n) is 5.42. The van der Waals surface area contributed by atoms with Gasteiger partial charge in [0.05, 0.1) is 11.4 Å². The van der Waals surface area contributed by atoms with E-state index in [2.05, 4.69) is 10.3 Å². The fourth-order valence-corrected chi connectivity index (χ4v) is 4.05. The number of benzodiazepines with no additional fused rings is 1. The predicted molar refractivity (Wildman–Crippen MR) is 130 cm³/mol. The summed E-state index contributed by atoms with van der Waals surface area (Å²) in [6.45, 7) is 3.15. The van der Waals surface area contributed by atoms with Crippen LogP contribution in [-0.2, 0) is 9.59 Å². The van der Waals surface area contributed by atoms with Gasteiger partial charge in [0.1, 0.15) is 18.4 Å². The molecule has 1 atom stereocenters. The second kappa shape index (κ2) is 9.33. The van der Waals surface area contributed by atoms with Crippen molar-refractivity contribution in [2.75, 3.05) is 16.8 Å². The number of nitrogens with zero attached hydrogens (tertiary/aromatic N) is 2. The lowest BCUT2D eigenvalue weighted by molar-refractivity contribution is -0.122. The molecule has 5 nitrogen and oxygen atoms in total. The molecule has 8 heteroatoms. The quantitative estimate of drug-likeness (QED) is 0.520. The summed E-state index contributed by atoms with van der Waals surface area (Å²) in [7, 11) is 0. The molecule has 0 aromatic heterocycles. The van der Waals surface area contributed by atoms with E-state index < -0.39 is 17.8 Å². The smallest absolute Gasteiger partial charge is 0.252 e. The Morgan fingerprint density at radius 3 is 2.61 bits per heavy atom. The molecule has 2 amide bonds. The van der Waals surface area contributed by atoms with Gasteiger partial charge in [-0.25, -0.2) is 4.39 Å². The summed E-state index contributed by atoms with van der Waals surface area (Å²) in [6, 6.07) is 15.4. The highest BCUT2D eigenvalue weighted by atomic mass is 35.5. The van der Waals surface area contributed by atoms with Gasteiger partial charge in [-0.2, -0.15) is 0 Å². The SMILES string of the molecule is Cc1c(Cl)cccc1NC(=O)CN1C(=O)[C@@H](C)N=C(c2ccccc2F)c2cc(Cl)ccc21. The van der Waals surface area contributed by atoms with E-state index in [1.165, 1.54) is 11.0 Å². The van der Waals surface area contributed by atoms with Gasteiger partial charge in [0.2, 0.25) is 5.91 Å². The minimum Gasteiger partial charge on any atom is -0.324 e. The lowest BCUT2D eigenvalue weighted by Gasteiger charge is -2.24. The molecule has 0 bridgehead atoms. The van der Waals surface area contributed by atoms with Gasteiger partial charge in [-0.15, -0.1) is 0 Å². The summed E-state index contributed by atoms with van der Waals surface area (Å²) in [5, 5.41) is 3.73. The maximum atomic E-state index is 14.7. The number of nitrogens with one attached hydrogen (secondary N) is 1. The summed E-state index contributed by atoms with van der Waals surface area (Å²) < 4.78 is 14.7. The van der Waals surface area contributed by atoms with Gasteiger partial charge in [0.15, 0.2) is 0 Å². The van der Waals surface area contributed by atoms with E-state index in [4.69, 9.17) is 23.2 Å². The number of hydrogen-bond donors (Lipinski definition) is 1. The Hall–Kier alpha value is -3.22. The molecule has 1 N–H and O–H groups in total. The fraction of sp³-hybridized carbons (Fsp3) is 0.160. The van der Waals surface area contributed by atoms with Crippen molar-refractivity contribution in [3.63, 3.8) is 0 Å². The van der Waals surface area contributed by atoms with Gasteiger partial charge in [-0.1, -0.05) is 41.4 Å². The van der Waals surface area contributed by atoms with Crippen molar-refractivity contribution in [3.05, 3.63) is 93.2 Å². The van der Waals surface area contributed by atoms with Crippen LogP contribution < -0.4 is 10.2 Å². The molecule has 3 aromatic carbocycles. The Labute approximate surface area is 200 Å². The van der Waals surface area contributed by atoms with Crippen LogP contribution in [0.25, 0.3) is 0 Å². The van der Waals surface area contributed by atoms with Crippen LogP contribution in [0, 0.1) is 12.7 Å². The van der Waals surface area contributed by atoms with Crippen molar-refractivity contribution in [2.45, 2.75) is 19.9 Å². The van der Waals surface area contributed by atoms with Gasteiger partial charge in [-0.3, -0.25) is 14.6 Å². The molecule has 168 valence electrons. The molecule has 0 spiro atoms. The summed E-state index contributed by atoms with van der Waals surface area (Å²) >= 11 is 12.4. The van der Waals surface area contributed by atoms with Gasteiger partial charge in [0, 0.05) is 26.9 Å². The lowest BCUT2D eigenvalue weighted by Crippen LogP contribution is -2.42. The van der Waals surface area contributed by atoms with E-state index in [1.807, 2.05) is 0 Å². The normalized spacial score (nSPS) is 15.5. The zero-order valence-corrected chi connectivity index (χ0v) is 19.4. The van der Waals surface area contributed by atoms with Gasteiger partial charge in [-0.05, 0) is 61.9 Å².